The maximum absolute atomic E-state index is 12.1. The summed E-state index contributed by atoms with van der Waals surface area (Å²) < 4.78 is 10.8. The van der Waals surface area contributed by atoms with Crippen molar-refractivity contribution in [2.24, 2.45) is 0 Å². The summed E-state index contributed by atoms with van der Waals surface area (Å²) in [6, 6.07) is 17.3. The summed E-state index contributed by atoms with van der Waals surface area (Å²) in [4.78, 5) is 12.1. The first kappa shape index (κ1) is 12.0. The van der Waals surface area contributed by atoms with Crippen LogP contribution in [-0.4, -0.2) is 7.11 Å². The highest BCUT2D eigenvalue weighted by molar-refractivity contribution is 6.18. The van der Waals surface area contributed by atoms with Crippen LogP contribution in [0.3, 0.4) is 0 Å². The highest BCUT2D eigenvalue weighted by atomic mass is 16.5. The lowest BCUT2D eigenvalue weighted by atomic mass is 10.0. The first-order chi connectivity index (χ1) is 10.3. The van der Waals surface area contributed by atoms with Crippen molar-refractivity contribution >= 4 is 32.5 Å². The van der Waals surface area contributed by atoms with Crippen LogP contribution in [-0.2, 0) is 0 Å². The Labute approximate surface area is 120 Å². The van der Waals surface area contributed by atoms with Gasteiger partial charge in [-0.05, 0) is 35.0 Å². The monoisotopic (exact) mass is 276 g/mol. The van der Waals surface area contributed by atoms with Crippen molar-refractivity contribution in [1.82, 2.24) is 0 Å². The van der Waals surface area contributed by atoms with Gasteiger partial charge in [0.25, 0.3) is 0 Å². The zero-order chi connectivity index (χ0) is 14.4. The summed E-state index contributed by atoms with van der Waals surface area (Å²) >= 11 is 0. The molecule has 21 heavy (non-hydrogen) atoms. The van der Waals surface area contributed by atoms with Crippen molar-refractivity contribution in [3.05, 3.63) is 65.0 Å². The van der Waals surface area contributed by atoms with E-state index in [1.165, 1.54) is 0 Å². The van der Waals surface area contributed by atoms with Crippen molar-refractivity contribution in [2.45, 2.75) is 0 Å². The highest BCUT2D eigenvalue weighted by Gasteiger charge is 2.11. The van der Waals surface area contributed by atoms with Crippen molar-refractivity contribution < 1.29 is 9.15 Å². The molecule has 1 aromatic heterocycles. The molecule has 0 unspecified atom stereocenters. The van der Waals surface area contributed by atoms with Gasteiger partial charge in [-0.15, -0.1) is 0 Å². The molecule has 0 N–H and O–H groups in total. The molecule has 0 aliphatic carbocycles. The molecule has 0 saturated carbocycles. The largest absolute Gasteiger partial charge is 0.497 e. The predicted molar refractivity (Wildman–Crippen MR) is 84.0 cm³/mol. The van der Waals surface area contributed by atoms with Gasteiger partial charge in [0.05, 0.1) is 12.5 Å². The summed E-state index contributed by atoms with van der Waals surface area (Å²) in [6.07, 6.45) is 0. The van der Waals surface area contributed by atoms with E-state index in [-0.39, 0.29) is 5.63 Å². The van der Waals surface area contributed by atoms with Gasteiger partial charge in [-0.1, -0.05) is 30.3 Å². The SMILES string of the molecule is COc1ccc2c(=O)oc3ccc4ccccc4c3c2c1. The van der Waals surface area contributed by atoms with Gasteiger partial charge in [0.2, 0.25) is 0 Å². The fourth-order valence-electron chi connectivity index (χ4n) is 2.80. The first-order valence-corrected chi connectivity index (χ1v) is 6.70. The van der Waals surface area contributed by atoms with E-state index in [9.17, 15) is 4.79 Å². The van der Waals surface area contributed by atoms with Gasteiger partial charge < -0.3 is 9.15 Å². The number of ether oxygens (including phenoxy) is 1. The minimum absolute atomic E-state index is 0.324. The topological polar surface area (TPSA) is 39.4 Å². The van der Waals surface area contributed by atoms with Crippen LogP contribution in [0.5, 0.6) is 5.75 Å². The number of methoxy groups -OCH3 is 1. The van der Waals surface area contributed by atoms with Crippen molar-refractivity contribution in [2.75, 3.05) is 7.11 Å². The Morgan fingerprint density at radius 3 is 2.62 bits per heavy atom. The molecule has 4 rings (SSSR count). The number of hydrogen-bond donors (Lipinski definition) is 0. The van der Waals surface area contributed by atoms with Gasteiger partial charge in [0, 0.05) is 10.8 Å². The van der Waals surface area contributed by atoms with E-state index in [0.29, 0.717) is 11.0 Å². The number of rotatable bonds is 1. The quantitative estimate of drug-likeness (QED) is 0.388. The number of fused-ring (bicyclic) bond motifs is 5. The Hall–Kier alpha value is -2.81. The average Bonchev–Trinajstić information content (AvgIpc) is 2.54. The summed E-state index contributed by atoms with van der Waals surface area (Å²) in [6.45, 7) is 0. The lowest BCUT2D eigenvalue weighted by Gasteiger charge is -2.07. The van der Waals surface area contributed by atoms with Gasteiger partial charge in [0.15, 0.2) is 0 Å². The second-order valence-electron chi connectivity index (χ2n) is 4.96. The molecule has 0 radical (unpaired) electrons. The molecule has 0 amide bonds. The third-order valence-electron chi connectivity index (χ3n) is 3.81. The molecular weight excluding hydrogens is 264 g/mol. The normalized spacial score (nSPS) is 11.3. The molecule has 102 valence electrons. The molecule has 0 aliphatic rings. The summed E-state index contributed by atoms with van der Waals surface area (Å²) in [5.74, 6) is 0.724. The molecule has 0 fully saturated rings. The molecule has 3 aromatic carbocycles. The van der Waals surface area contributed by atoms with Gasteiger partial charge in [-0.3, -0.25) is 0 Å². The Kier molecular flexibility index (Phi) is 2.48. The molecule has 0 aliphatic heterocycles. The molecule has 1 heterocycles. The summed E-state index contributed by atoms with van der Waals surface area (Å²) in [5.41, 5.74) is 0.273. The van der Waals surface area contributed by atoms with E-state index in [0.717, 1.165) is 27.3 Å². The van der Waals surface area contributed by atoms with E-state index < -0.39 is 0 Å². The fourth-order valence-corrected chi connectivity index (χ4v) is 2.80. The third kappa shape index (κ3) is 1.71. The lowest BCUT2D eigenvalue weighted by Crippen LogP contribution is -2.00. The molecule has 0 saturated heterocycles. The average molecular weight is 276 g/mol. The van der Waals surface area contributed by atoms with Crippen LogP contribution in [0.1, 0.15) is 0 Å². The number of benzene rings is 3. The van der Waals surface area contributed by atoms with Crippen LogP contribution in [0.25, 0.3) is 32.5 Å². The van der Waals surface area contributed by atoms with Crippen LogP contribution in [0, 0.1) is 0 Å². The second-order valence-corrected chi connectivity index (χ2v) is 4.96. The van der Waals surface area contributed by atoms with E-state index in [4.69, 9.17) is 9.15 Å². The Balaban J connectivity index is 2.34. The van der Waals surface area contributed by atoms with Crippen molar-refractivity contribution in [3.8, 4) is 5.75 Å². The zero-order valence-electron chi connectivity index (χ0n) is 11.4. The Morgan fingerprint density at radius 2 is 1.76 bits per heavy atom. The smallest absolute Gasteiger partial charge is 0.344 e. The predicted octanol–water partition coefficient (Wildman–Crippen LogP) is 4.11. The molecule has 0 atom stereocenters. The van der Waals surface area contributed by atoms with Crippen molar-refractivity contribution in [3.63, 3.8) is 0 Å². The zero-order valence-corrected chi connectivity index (χ0v) is 11.4. The molecule has 3 nitrogen and oxygen atoms in total. The van der Waals surface area contributed by atoms with Crippen LogP contribution in [0.2, 0.25) is 0 Å². The minimum Gasteiger partial charge on any atom is -0.497 e. The molecule has 4 aromatic rings. The van der Waals surface area contributed by atoms with E-state index in [1.807, 2.05) is 42.5 Å². The first-order valence-electron chi connectivity index (χ1n) is 6.70. The second kappa shape index (κ2) is 4.35. The third-order valence-corrected chi connectivity index (χ3v) is 3.81. The van der Waals surface area contributed by atoms with Crippen LogP contribution >= 0.6 is 0 Å². The summed E-state index contributed by atoms with van der Waals surface area (Å²) in [7, 11) is 1.62. The molecule has 0 bridgehead atoms. The van der Waals surface area contributed by atoms with Crippen LogP contribution in [0.4, 0.5) is 0 Å². The Bertz CT molecular complexity index is 1040. The van der Waals surface area contributed by atoms with Crippen LogP contribution in [0.15, 0.2) is 63.8 Å². The number of hydrogen-bond acceptors (Lipinski definition) is 3. The molecule has 0 spiro atoms. The van der Waals surface area contributed by atoms with Gasteiger partial charge >= 0.3 is 5.63 Å². The van der Waals surface area contributed by atoms with E-state index in [1.54, 1.807) is 19.2 Å². The molecular formula is C18H12O3. The Morgan fingerprint density at radius 1 is 0.905 bits per heavy atom. The standard InChI is InChI=1S/C18H12O3/c1-20-12-7-8-14-15(10-12)17-13-5-3-2-4-11(13)6-9-16(17)21-18(14)19/h2-10H,1H3. The maximum Gasteiger partial charge on any atom is 0.344 e. The van der Waals surface area contributed by atoms with Gasteiger partial charge in [0.1, 0.15) is 11.3 Å². The van der Waals surface area contributed by atoms with Crippen molar-refractivity contribution in [1.29, 1.82) is 0 Å². The van der Waals surface area contributed by atoms with E-state index in [2.05, 4.69) is 0 Å². The maximum atomic E-state index is 12.1. The highest BCUT2D eigenvalue weighted by Crippen LogP contribution is 2.32. The molecule has 3 heteroatoms. The summed E-state index contributed by atoms with van der Waals surface area (Å²) in [5, 5.41) is 4.55. The van der Waals surface area contributed by atoms with Gasteiger partial charge in [-0.2, -0.15) is 0 Å². The fraction of sp³-hybridized carbons (Fsp3) is 0.0556. The van der Waals surface area contributed by atoms with Crippen LogP contribution < -0.4 is 10.4 Å². The van der Waals surface area contributed by atoms with Gasteiger partial charge in [-0.25, -0.2) is 4.79 Å². The lowest BCUT2D eigenvalue weighted by molar-refractivity contribution is 0.415. The minimum atomic E-state index is -0.324. The van der Waals surface area contributed by atoms with E-state index >= 15 is 0 Å².